The first-order valence-corrected chi connectivity index (χ1v) is 9.98. The average molecular weight is 440 g/mol. The molecule has 4 rings (SSSR count). The molecule has 3 aromatic rings. The number of piperidine rings is 1. The number of hydrogen-bond donors (Lipinski definition) is 1. The maximum absolute atomic E-state index is 13.8. The molecule has 1 fully saturated rings. The van der Waals surface area contributed by atoms with Gasteiger partial charge in [-0.3, -0.25) is 4.79 Å². The lowest BCUT2D eigenvalue weighted by Gasteiger charge is -2.31. The summed E-state index contributed by atoms with van der Waals surface area (Å²) in [5.74, 6) is -0.229. The number of amides is 1. The van der Waals surface area contributed by atoms with Gasteiger partial charge in [0.15, 0.2) is 5.65 Å². The van der Waals surface area contributed by atoms with Gasteiger partial charge in [0, 0.05) is 36.1 Å². The first-order valence-electron chi connectivity index (χ1n) is 9.98. The molecule has 3 heterocycles. The molecule has 1 atom stereocenters. The molecule has 1 amide bonds. The number of pyridine rings is 2. The van der Waals surface area contributed by atoms with Crippen LogP contribution in [0.3, 0.4) is 0 Å². The molecule has 8 heteroatoms. The van der Waals surface area contributed by atoms with Gasteiger partial charge in [0.05, 0.1) is 16.8 Å². The summed E-state index contributed by atoms with van der Waals surface area (Å²) in [6.45, 7) is 5.44. The van der Waals surface area contributed by atoms with Crippen molar-refractivity contribution in [2.45, 2.75) is 26.7 Å². The summed E-state index contributed by atoms with van der Waals surface area (Å²) in [6.07, 6.45) is 3.63. The van der Waals surface area contributed by atoms with E-state index < -0.39 is 5.82 Å². The van der Waals surface area contributed by atoms with Gasteiger partial charge in [0.25, 0.3) is 5.91 Å². The van der Waals surface area contributed by atoms with Gasteiger partial charge < -0.3 is 10.2 Å². The fraction of sp³-hybridized carbons (Fsp3) is 0.304. The van der Waals surface area contributed by atoms with Crippen LogP contribution < -0.4 is 5.32 Å². The topological polar surface area (TPSA) is 81.9 Å². The number of aromatic nitrogens is 2. The molecule has 1 aliphatic rings. The molecule has 1 unspecified atom stereocenters. The average Bonchev–Trinajstić information content (AvgIpc) is 2.74. The molecule has 6 nitrogen and oxygen atoms in total. The zero-order valence-corrected chi connectivity index (χ0v) is 18.2. The summed E-state index contributed by atoms with van der Waals surface area (Å²) in [4.78, 5) is 24.1. The number of hydrogen-bond acceptors (Lipinski definition) is 5. The SMILES string of the molecule is Cc1ccc2c(Nc3ccc(F)c(C#N)c3)c(C(=O)N3CCCC(C)C3)cnc2n1.Cl. The van der Waals surface area contributed by atoms with Crippen LogP contribution in [-0.4, -0.2) is 33.9 Å². The van der Waals surface area contributed by atoms with Crippen molar-refractivity contribution >= 4 is 40.7 Å². The fourth-order valence-corrected chi connectivity index (χ4v) is 3.85. The number of halogens is 2. The zero-order valence-electron chi connectivity index (χ0n) is 17.4. The standard InChI is InChI=1S/C23H22FN5O.ClH/c1-14-4-3-9-29(13-14)23(30)19-12-26-22-18(7-5-15(2)27-22)21(19)28-17-6-8-20(24)16(10-17)11-25;/h5-8,10,12,14H,3-4,9,13H2,1-2H3,(H,26,27,28);1H. The summed E-state index contributed by atoms with van der Waals surface area (Å²) in [5.41, 5.74) is 2.78. The Bertz CT molecular complexity index is 1180. The maximum atomic E-state index is 13.8. The Morgan fingerprint density at radius 2 is 2.13 bits per heavy atom. The van der Waals surface area contributed by atoms with Gasteiger partial charge in [-0.15, -0.1) is 12.4 Å². The van der Waals surface area contributed by atoms with Gasteiger partial charge >= 0.3 is 0 Å². The fourth-order valence-electron chi connectivity index (χ4n) is 3.85. The van der Waals surface area contributed by atoms with Crippen molar-refractivity contribution in [3.8, 4) is 6.07 Å². The predicted molar refractivity (Wildman–Crippen MR) is 120 cm³/mol. The lowest BCUT2D eigenvalue weighted by molar-refractivity contribution is 0.0684. The molecular formula is C23H23ClFN5O. The van der Waals surface area contributed by atoms with E-state index in [1.54, 1.807) is 12.3 Å². The van der Waals surface area contributed by atoms with E-state index in [4.69, 9.17) is 5.26 Å². The number of fused-ring (bicyclic) bond motifs is 1. The number of nitrogens with one attached hydrogen (secondary N) is 1. The highest BCUT2D eigenvalue weighted by atomic mass is 35.5. The van der Waals surface area contributed by atoms with Crippen molar-refractivity contribution in [1.29, 1.82) is 5.26 Å². The minimum atomic E-state index is -0.585. The minimum Gasteiger partial charge on any atom is -0.354 e. The Hall–Kier alpha value is -3.24. The first-order chi connectivity index (χ1) is 14.5. The van der Waals surface area contributed by atoms with Gasteiger partial charge in [-0.1, -0.05) is 6.92 Å². The van der Waals surface area contributed by atoms with Gasteiger partial charge in [0.2, 0.25) is 0 Å². The molecule has 0 saturated carbocycles. The number of benzene rings is 1. The molecule has 0 bridgehead atoms. The van der Waals surface area contributed by atoms with Crippen molar-refractivity contribution in [2.24, 2.45) is 5.92 Å². The normalized spacial score (nSPS) is 15.8. The van der Waals surface area contributed by atoms with Crippen LogP contribution in [0.4, 0.5) is 15.8 Å². The van der Waals surface area contributed by atoms with E-state index in [9.17, 15) is 9.18 Å². The number of carbonyl (C=O) groups is 1. The highest BCUT2D eigenvalue weighted by Gasteiger charge is 2.25. The lowest BCUT2D eigenvalue weighted by Crippen LogP contribution is -2.39. The van der Waals surface area contributed by atoms with E-state index >= 15 is 0 Å². The highest BCUT2D eigenvalue weighted by Crippen LogP contribution is 2.31. The molecule has 1 aromatic carbocycles. The molecule has 160 valence electrons. The third-order valence-electron chi connectivity index (χ3n) is 5.40. The van der Waals surface area contributed by atoms with E-state index in [-0.39, 0.29) is 23.9 Å². The van der Waals surface area contributed by atoms with Crippen LogP contribution >= 0.6 is 12.4 Å². The molecule has 1 N–H and O–H groups in total. The van der Waals surface area contributed by atoms with Crippen molar-refractivity contribution in [3.05, 3.63) is 59.2 Å². The van der Waals surface area contributed by atoms with E-state index in [1.807, 2.05) is 30.0 Å². The van der Waals surface area contributed by atoms with Gasteiger partial charge in [-0.25, -0.2) is 14.4 Å². The molecule has 0 aliphatic carbocycles. The van der Waals surface area contributed by atoms with E-state index in [1.165, 1.54) is 12.1 Å². The van der Waals surface area contributed by atoms with Crippen molar-refractivity contribution < 1.29 is 9.18 Å². The molecule has 1 aliphatic heterocycles. The number of aryl methyl sites for hydroxylation is 1. The smallest absolute Gasteiger partial charge is 0.257 e. The zero-order chi connectivity index (χ0) is 21.3. The number of nitrogens with zero attached hydrogens (tertiary/aromatic N) is 4. The van der Waals surface area contributed by atoms with Crippen LogP contribution in [0.15, 0.2) is 36.5 Å². The molecule has 1 saturated heterocycles. The molecule has 0 radical (unpaired) electrons. The number of carbonyl (C=O) groups excluding carboxylic acids is 1. The Morgan fingerprint density at radius 3 is 2.87 bits per heavy atom. The van der Waals surface area contributed by atoms with Gasteiger partial charge in [-0.2, -0.15) is 5.26 Å². The van der Waals surface area contributed by atoms with Crippen LogP contribution in [0.25, 0.3) is 11.0 Å². The van der Waals surface area contributed by atoms with Gasteiger partial charge in [0.1, 0.15) is 11.9 Å². The highest BCUT2D eigenvalue weighted by molar-refractivity contribution is 6.07. The lowest BCUT2D eigenvalue weighted by atomic mass is 9.99. The molecule has 31 heavy (non-hydrogen) atoms. The molecule has 0 spiro atoms. The van der Waals surface area contributed by atoms with Crippen LogP contribution in [0.1, 0.15) is 41.4 Å². The second-order valence-electron chi connectivity index (χ2n) is 7.80. The number of anilines is 2. The second kappa shape index (κ2) is 9.27. The first kappa shape index (κ1) is 22.4. The summed E-state index contributed by atoms with van der Waals surface area (Å²) >= 11 is 0. The summed E-state index contributed by atoms with van der Waals surface area (Å²) in [7, 11) is 0. The Balaban J connectivity index is 0.00000272. The Labute approximate surface area is 186 Å². The number of rotatable bonds is 3. The maximum Gasteiger partial charge on any atom is 0.257 e. The predicted octanol–water partition coefficient (Wildman–Crippen LogP) is 4.99. The minimum absolute atomic E-state index is 0. The van der Waals surface area contributed by atoms with Crippen molar-refractivity contribution in [1.82, 2.24) is 14.9 Å². The Morgan fingerprint density at radius 1 is 1.32 bits per heavy atom. The summed E-state index contributed by atoms with van der Waals surface area (Å²) in [5, 5.41) is 13.1. The van der Waals surface area contributed by atoms with E-state index in [0.717, 1.165) is 18.5 Å². The quantitative estimate of drug-likeness (QED) is 0.621. The number of likely N-dealkylation sites (tertiary alicyclic amines) is 1. The van der Waals surface area contributed by atoms with Crippen LogP contribution in [0.5, 0.6) is 0 Å². The van der Waals surface area contributed by atoms with Crippen LogP contribution in [0, 0.1) is 30.0 Å². The Kier molecular flexibility index (Phi) is 6.71. The van der Waals surface area contributed by atoms with E-state index in [2.05, 4.69) is 22.2 Å². The van der Waals surface area contributed by atoms with Crippen molar-refractivity contribution in [2.75, 3.05) is 18.4 Å². The summed E-state index contributed by atoms with van der Waals surface area (Å²) < 4.78 is 13.8. The molecule has 2 aromatic heterocycles. The van der Waals surface area contributed by atoms with E-state index in [0.29, 0.717) is 47.0 Å². The third-order valence-corrected chi connectivity index (χ3v) is 5.40. The molecular weight excluding hydrogens is 417 g/mol. The van der Waals surface area contributed by atoms with Gasteiger partial charge in [-0.05, 0) is 56.0 Å². The van der Waals surface area contributed by atoms with Crippen LogP contribution in [-0.2, 0) is 0 Å². The summed E-state index contributed by atoms with van der Waals surface area (Å²) in [6, 6.07) is 9.79. The third kappa shape index (κ3) is 4.59. The monoisotopic (exact) mass is 439 g/mol. The van der Waals surface area contributed by atoms with Crippen LogP contribution in [0.2, 0.25) is 0 Å². The number of nitriles is 1. The largest absolute Gasteiger partial charge is 0.354 e. The van der Waals surface area contributed by atoms with Crippen molar-refractivity contribution in [3.63, 3.8) is 0 Å². The second-order valence-corrected chi connectivity index (χ2v) is 7.80.